The molecule has 2 heterocycles. The molecule has 1 aromatic carbocycles. The molecule has 6 nitrogen and oxygen atoms in total. The number of aromatic nitrogens is 2. The number of hydrogen-bond acceptors (Lipinski definition) is 6. The molecule has 8 heteroatoms. The van der Waals surface area contributed by atoms with Crippen molar-refractivity contribution in [3.8, 4) is 0 Å². The molecule has 3 rings (SSSR count). The van der Waals surface area contributed by atoms with Gasteiger partial charge in [0.15, 0.2) is 5.82 Å². The molecule has 1 atom stereocenters. The van der Waals surface area contributed by atoms with Gasteiger partial charge in [-0.3, -0.25) is 4.79 Å². The predicted molar refractivity (Wildman–Crippen MR) is 100.0 cm³/mol. The first-order valence-corrected chi connectivity index (χ1v) is 9.00. The molecule has 2 aromatic rings. The molecule has 0 bridgehead atoms. The van der Waals surface area contributed by atoms with Crippen LogP contribution in [0.4, 0.5) is 0 Å². The van der Waals surface area contributed by atoms with Gasteiger partial charge in [-0.1, -0.05) is 24.2 Å². The Morgan fingerprint density at radius 3 is 2.84 bits per heavy atom. The number of thioether (sulfide) groups is 1. The second-order valence-electron chi connectivity index (χ2n) is 6.51. The number of aryl methyl sites for hydroxylation is 1. The average Bonchev–Trinajstić information content (AvgIpc) is 3.19. The maximum Gasteiger partial charge on any atom is 0.255 e. The number of halogens is 1. The lowest BCUT2D eigenvalue weighted by molar-refractivity contribution is 0.0773. The van der Waals surface area contributed by atoms with Gasteiger partial charge < -0.3 is 15.2 Å². The zero-order valence-electron chi connectivity index (χ0n) is 14.4. The van der Waals surface area contributed by atoms with E-state index in [1.165, 1.54) is 11.8 Å². The molecule has 1 saturated heterocycles. The van der Waals surface area contributed by atoms with Gasteiger partial charge in [-0.15, -0.1) is 24.2 Å². The Labute approximate surface area is 157 Å². The van der Waals surface area contributed by atoms with Crippen molar-refractivity contribution in [3.05, 3.63) is 41.5 Å². The highest BCUT2D eigenvalue weighted by Crippen LogP contribution is 2.32. The summed E-state index contributed by atoms with van der Waals surface area (Å²) in [5, 5.41) is 3.79. The number of nitrogens with zero attached hydrogens (tertiary/aromatic N) is 3. The fourth-order valence-corrected chi connectivity index (χ4v) is 3.72. The van der Waals surface area contributed by atoms with Crippen molar-refractivity contribution in [2.45, 2.75) is 30.9 Å². The second-order valence-corrected chi connectivity index (χ2v) is 7.53. The SMILES string of the molecule is Cc1noc(CSc2ccccc2C(=O)N2CCC(C)(CN)C2)n1.Cl. The predicted octanol–water partition coefficient (Wildman–Crippen LogP) is 2.90. The fraction of sp³-hybridized carbons (Fsp3) is 0.471. The molecule has 1 unspecified atom stereocenters. The van der Waals surface area contributed by atoms with E-state index in [1.807, 2.05) is 29.2 Å². The lowest BCUT2D eigenvalue weighted by Crippen LogP contribution is -2.34. The van der Waals surface area contributed by atoms with Crippen molar-refractivity contribution in [1.82, 2.24) is 15.0 Å². The summed E-state index contributed by atoms with van der Waals surface area (Å²) in [6.45, 7) is 6.00. The molecule has 0 aliphatic carbocycles. The molecule has 0 spiro atoms. The van der Waals surface area contributed by atoms with Gasteiger partial charge in [-0.25, -0.2) is 0 Å². The summed E-state index contributed by atoms with van der Waals surface area (Å²) in [6.07, 6.45) is 0.950. The molecular weight excluding hydrogens is 360 g/mol. The van der Waals surface area contributed by atoms with Crippen molar-refractivity contribution >= 4 is 30.1 Å². The van der Waals surface area contributed by atoms with Crippen LogP contribution in [0.1, 0.15) is 35.4 Å². The van der Waals surface area contributed by atoms with Crippen LogP contribution in [-0.4, -0.2) is 40.6 Å². The quantitative estimate of drug-likeness (QED) is 0.800. The number of rotatable bonds is 5. The van der Waals surface area contributed by atoms with E-state index in [0.717, 1.165) is 23.4 Å². The van der Waals surface area contributed by atoms with E-state index >= 15 is 0 Å². The summed E-state index contributed by atoms with van der Waals surface area (Å²) in [7, 11) is 0. The van der Waals surface area contributed by atoms with Crippen LogP contribution < -0.4 is 5.73 Å². The molecule has 0 radical (unpaired) electrons. The number of carbonyl (C=O) groups is 1. The van der Waals surface area contributed by atoms with Crippen LogP contribution in [0.2, 0.25) is 0 Å². The minimum Gasteiger partial charge on any atom is -0.338 e. The maximum absolute atomic E-state index is 12.9. The molecule has 25 heavy (non-hydrogen) atoms. The van der Waals surface area contributed by atoms with Crippen molar-refractivity contribution < 1.29 is 9.32 Å². The van der Waals surface area contributed by atoms with E-state index in [2.05, 4.69) is 17.1 Å². The van der Waals surface area contributed by atoms with Gasteiger partial charge in [0, 0.05) is 18.0 Å². The van der Waals surface area contributed by atoms with Crippen LogP contribution in [0.25, 0.3) is 0 Å². The molecule has 136 valence electrons. The Hall–Kier alpha value is -1.57. The van der Waals surface area contributed by atoms with Gasteiger partial charge >= 0.3 is 0 Å². The molecule has 1 aliphatic heterocycles. The van der Waals surface area contributed by atoms with E-state index in [9.17, 15) is 4.79 Å². The molecular formula is C17H23ClN4O2S. The van der Waals surface area contributed by atoms with E-state index in [0.29, 0.717) is 30.6 Å². The highest BCUT2D eigenvalue weighted by Gasteiger charge is 2.35. The fourth-order valence-electron chi connectivity index (χ4n) is 2.84. The highest BCUT2D eigenvalue weighted by molar-refractivity contribution is 7.98. The van der Waals surface area contributed by atoms with Crippen LogP contribution in [0.15, 0.2) is 33.7 Å². The first-order valence-electron chi connectivity index (χ1n) is 8.01. The molecule has 2 N–H and O–H groups in total. The average molecular weight is 383 g/mol. The monoisotopic (exact) mass is 382 g/mol. The maximum atomic E-state index is 12.9. The van der Waals surface area contributed by atoms with Gasteiger partial charge in [0.25, 0.3) is 5.91 Å². The minimum absolute atomic E-state index is 0. The number of carbonyl (C=O) groups excluding carboxylic acids is 1. The third-order valence-corrected chi connectivity index (χ3v) is 5.43. The number of amides is 1. The van der Waals surface area contributed by atoms with Crippen molar-refractivity contribution in [1.29, 1.82) is 0 Å². The molecule has 1 fully saturated rings. The lowest BCUT2D eigenvalue weighted by atomic mass is 9.90. The summed E-state index contributed by atoms with van der Waals surface area (Å²) < 4.78 is 5.14. The zero-order chi connectivity index (χ0) is 17.2. The van der Waals surface area contributed by atoms with E-state index < -0.39 is 0 Å². The summed E-state index contributed by atoms with van der Waals surface area (Å²) in [5.41, 5.74) is 6.60. The second kappa shape index (κ2) is 8.21. The Balaban J connectivity index is 0.00000225. The van der Waals surface area contributed by atoms with Gasteiger partial charge in [0.05, 0.1) is 11.3 Å². The van der Waals surface area contributed by atoms with E-state index in [-0.39, 0.29) is 23.7 Å². The van der Waals surface area contributed by atoms with Gasteiger partial charge in [-0.05, 0) is 37.4 Å². The Morgan fingerprint density at radius 1 is 1.44 bits per heavy atom. The van der Waals surface area contributed by atoms with Crippen LogP contribution in [0.5, 0.6) is 0 Å². The number of hydrogen-bond donors (Lipinski definition) is 1. The van der Waals surface area contributed by atoms with Crippen LogP contribution in [0.3, 0.4) is 0 Å². The van der Waals surface area contributed by atoms with Crippen LogP contribution in [0, 0.1) is 12.3 Å². The zero-order valence-corrected chi connectivity index (χ0v) is 16.0. The van der Waals surface area contributed by atoms with Crippen molar-refractivity contribution in [2.75, 3.05) is 19.6 Å². The smallest absolute Gasteiger partial charge is 0.255 e. The Morgan fingerprint density at radius 2 is 2.20 bits per heavy atom. The number of benzene rings is 1. The summed E-state index contributed by atoms with van der Waals surface area (Å²) >= 11 is 1.54. The first kappa shape index (κ1) is 19.8. The molecule has 0 saturated carbocycles. The van der Waals surface area contributed by atoms with Crippen LogP contribution >= 0.6 is 24.2 Å². The number of likely N-dealkylation sites (tertiary alicyclic amines) is 1. The Bertz CT molecular complexity index is 739. The summed E-state index contributed by atoms with van der Waals surface area (Å²) in [5.74, 6) is 1.80. The highest BCUT2D eigenvalue weighted by atomic mass is 35.5. The summed E-state index contributed by atoms with van der Waals surface area (Å²) in [4.78, 5) is 19.9. The topological polar surface area (TPSA) is 85.2 Å². The minimum atomic E-state index is 0. The van der Waals surface area contributed by atoms with Crippen molar-refractivity contribution in [2.24, 2.45) is 11.1 Å². The van der Waals surface area contributed by atoms with Crippen molar-refractivity contribution in [3.63, 3.8) is 0 Å². The van der Waals surface area contributed by atoms with Crippen LogP contribution in [-0.2, 0) is 5.75 Å². The van der Waals surface area contributed by atoms with Gasteiger partial charge in [-0.2, -0.15) is 4.98 Å². The largest absolute Gasteiger partial charge is 0.338 e. The normalized spacial score (nSPS) is 19.7. The molecule has 1 amide bonds. The summed E-state index contributed by atoms with van der Waals surface area (Å²) in [6, 6.07) is 7.67. The lowest BCUT2D eigenvalue weighted by Gasteiger charge is -2.23. The molecule has 1 aliphatic rings. The third-order valence-electron chi connectivity index (χ3n) is 4.38. The number of nitrogens with two attached hydrogens (primary N) is 1. The first-order chi connectivity index (χ1) is 11.5. The Kier molecular flexibility index (Phi) is 6.48. The standard InChI is InChI=1S/C17H22N4O2S.ClH/c1-12-19-15(23-20-12)9-24-14-6-4-3-5-13(14)16(22)21-8-7-17(2,10-18)11-21;/h3-6H,7-11,18H2,1-2H3;1H. The van der Waals surface area contributed by atoms with E-state index in [1.54, 1.807) is 6.92 Å². The van der Waals surface area contributed by atoms with Gasteiger partial charge in [0.2, 0.25) is 5.89 Å². The van der Waals surface area contributed by atoms with Gasteiger partial charge in [0.1, 0.15) is 0 Å². The molecule has 1 aromatic heterocycles. The third kappa shape index (κ3) is 4.54. The van der Waals surface area contributed by atoms with E-state index in [4.69, 9.17) is 10.3 Å².